The minimum Gasteiger partial charge on any atom is -0.493 e. The first-order chi connectivity index (χ1) is 9.97. The number of morpholine rings is 1. The molecule has 118 valence electrons. The second kappa shape index (κ2) is 7.28. The Labute approximate surface area is 129 Å². The third-order valence-electron chi connectivity index (χ3n) is 4.17. The number of rotatable bonds is 5. The van der Waals surface area contributed by atoms with Gasteiger partial charge in [0, 0.05) is 6.42 Å². The van der Waals surface area contributed by atoms with Gasteiger partial charge in [0.25, 0.3) is 0 Å². The lowest BCUT2D eigenvalue weighted by Crippen LogP contribution is -3.14. The van der Waals surface area contributed by atoms with Crippen LogP contribution in [0.15, 0.2) is 18.2 Å². The molecular formula is C18H30NO2+. The molecule has 1 N–H and O–H groups in total. The Balaban J connectivity index is 1.78. The Morgan fingerprint density at radius 1 is 1.19 bits per heavy atom. The Hall–Kier alpha value is -1.06. The number of nitrogens with one attached hydrogen (secondary N) is 1. The van der Waals surface area contributed by atoms with Crippen LogP contribution in [0.25, 0.3) is 0 Å². The molecule has 0 aromatic heterocycles. The molecule has 0 atom stereocenters. The van der Waals surface area contributed by atoms with E-state index in [-0.39, 0.29) is 5.41 Å². The summed E-state index contributed by atoms with van der Waals surface area (Å²) < 4.78 is 11.3. The lowest BCUT2D eigenvalue weighted by molar-refractivity contribution is -0.908. The zero-order valence-electron chi connectivity index (χ0n) is 14.0. The van der Waals surface area contributed by atoms with Crippen LogP contribution in [0.5, 0.6) is 5.75 Å². The van der Waals surface area contributed by atoms with E-state index in [4.69, 9.17) is 9.47 Å². The van der Waals surface area contributed by atoms with Gasteiger partial charge in [0.1, 0.15) is 18.8 Å². The molecule has 0 unspecified atom stereocenters. The van der Waals surface area contributed by atoms with Crippen molar-refractivity contribution < 1.29 is 14.4 Å². The van der Waals surface area contributed by atoms with Crippen LogP contribution in [-0.2, 0) is 10.2 Å². The highest BCUT2D eigenvalue weighted by Crippen LogP contribution is 2.27. The summed E-state index contributed by atoms with van der Waals surface area (Å²) in [6.45, 7) is 14.9. The van der Waals surface area contributed by atoms with Crippen LogP contribution in [0.2, 0.25) is 0 Å². The molecule has 0 saturated carbocycles. The minimum absolute atomic E-state index is 0.197. The van der Waals surface area contributed by atoms with Gasteiger partial charge in [0.15, 0.2) is 0 Å². The molecule has 1 heterocycles. The van der Waals surface area contributed by atoms with E-state index in [9.17, 15) is 0 Å². The first-order valence-electron chi connectivity index (χ1n) is 8.12. The number of hydrogen-bond acceptors (Lipinski definition) is 2. The van der Waals surface area contributed by atoms with Gasteiger partial charge in [-0.25, -0.2) is 0 Å². The third kappa shape index (κ3) is 5.01. The molecule has 0 amide bonds. The van der Waals surface area contributed by atoms with E-state index >= 15 is 0 Å². The fourth-order valence-electron chi connectivity index (χ4n) is 2.69. The molecule has 0 spiro atoms. The topological polar surface area (TPSA) is 22.9 Å². The van der Waals surface area contributed by atoms with Crippen LogP contribution < -0.4 is 9.64 Å². The molecule has 1 aromatic rings. The van der Waals surface area contributed by atoms with Crippen molar-refractivity contribution in [2.45, 2.75) is 39.5 Å². The normalized spacial score (nSPS) is 17.0. The van der Waals surface area contributed by atoms with Crippen molar-refractivity contribution in [1.82, 2.24) is 0 Å². The fourth-order valence-corrected chi connectivity index (χ4v) is 2.69. The van der Waals surface area contributed by atoms with Gasteiger partial charge in [-0.15, -0.1) is 0 Å². The van der Waals surface area contributed by atoms with Crippen molar-refractivity contribution in [3.63, 3.8) is 0 Å². The van der Waals surface area contributed by atoms with Gasteiger partial charge >= 0.3 is 0 Å². The molecule has 0 bridgehead atoms. The van der Waals surface area contributed by atoms with Crippen molar-refractivity contribution in [3.8, 4) is 5.75 Å². The lowest BCUT2D eigenvalue weighted by atomic mass is 9.86. The average Bonchev–Trinajstić information content (AvgIpc) is 2.45. The van der Waals surface area contributed by atoms with Crippen molar-refractivity contribution in [3.05, 3.63) is 29.3 Å². The van der Waals surface area contributed by atoms with E-state index in [0.717, 1.165) is 45.1 Å². The van der Waals surface area contributed by atoms with Gasteiger partial charge in [0.05, 0.1) is 26.4 Å². The van der Waals surface area contributed by atoms with Crippen LogP contribution in [0.4, 0.5) is 0 Å². The standard InChI is InChI=1S/C18H29NO2/c1-15-14-16(18(2,3)4)6-7-17(15)21-11-5-8-19-9-12-20-13-10-19/h6-7,14H,5,8-13H2,1-4H3/p+1. The maximum absolute atomic E-state index is 5.95. The summed E-state index contributed by atoms with van der Waals surface area (Å²) in [6.07, 6.45) is 1.11. The zero-order chi connectivity index (χ0) is 15.3. The molecule has 21 heavy (non-hydrogen) atoms. The highest BCUT2D eigenvalue weighted by Gasteiger charge is 2.15. The molecule has 1 aliphatic heterocycles. The molecule has 2 rings (SSSR count). The molecule has 1 saturated heterocycles. The summed E-state index contributed by atoms with van der Waals surface area (Å²) in [5.41, 5.74) is 2.80. The summed E-state index contributed by atoms with van der Waals surface area (Å²) in [4.78, 5) is 1.64. The van der Waals surface area contributed by atoms with E-state index in [1.807, 2.05) is 0 Å². The van der Waals surface area contributed by atoms with Gasteiger partial charge in [-0.05, 0) is 29.5 Å². The first kappa shape index (κ1) is 16.3. The minimum atomic E-state index is 0.197. The van der Waals surface area contributed by atoms with Crippen LogP contribution in [0.3, 0.4) is 0 Å². The van der Waals surface area contributed by atoms with Crippen molar-refractivity contribution >= 4 is 0 Å². The summed E-state index contributed by atoms with van der Waals surface area (Å²) in [5, 5.41) is 0. The van der Waals surface area contributed by atoms with Crippen LogP contribution in [0, 0.1) is 6.92 Å². The Kier molecular flexibility index (Phi) is 5.65. The van der Waals surface area contributed by atoms with E-state index in [1.165, 1.54) is 17.7 Å². The van der Waals surface area contributed by atoms with E-state index in [2.05, 4.69) is 45.9 Å². The summed E-state index contributed by atoms with van der Waals surface area (Å²) >= 11 is 0. The van der Waals surface area contributed by atoms with Crippen molar-refractivity contribution in [2.75, 3.05) is 39.5 Å². The van der Waals surface area contributed by atoms with Crippen molar-refractivity contribution in [1.29, 1.82) is 0 Å². The van der Waals surface area contributed by atoms with E-state index in [0.29, 0.717) is 0 Å². The van der Waals surface area contributed by atoms with Crippen LogP contribution in [-0.4, -0.2) is 39.5 Å². The molecule has 1 aliphatic rings. The highest BCUT2D eigenvalue weighted by molar-refractivity contribution is 5.38. The van der Waals surface area contributed by atoms with Crippen LogP contribution in [0.1, 0.15) is 38.3 Å². The first-order valence-corrected chi connectivity index (χ1v) is 8.12. The average molecular weight is 292 g/mol. The second-order valence-electron chi connectivity index (χ2n) is 7.04. The van der Waals surface area contributed by atoms with E-state index < -0.39 is 0 Å². The van der Waals surface area contributed by atoms with Gasteiger partial charge in [-0.3, -0.25) is 0 Å². The molecular weight excluding hydrogens is 262 g/mol. The van der Waals surface area contributed by atoms with Crippen molar-refractivity contribution in [2.24, 2.45) is 0 Å². The van der Waals surface area contributed by atoms with Gasteiger partial charge < -0.3 is 14.4 Å². The van der Waals surface area contributed by atoms with Gasteiger partial charge in [0.2, 0.25) is 0 Å². The molecule has 3 nitrogen and oxygen atoms in total. The molecule has 0 aliphatic carbocycles. The predicted molar refractivity (Wildman–Crippen MR) is 86.4 cm³/mol. The quantitative estimate of drug-likeness (QED) is 0.839. The van der Waals surface area contributed by atoms with E-state index in [1.54, 1.807) is 4.90 Å². The number of hydrogen-bond donors (Lipinski definition) is 1. The molecule has 3 heteroatoms. The lowest BCUT2D eigenvalue weighted by Gasteiger charge is -2.24. The van der Waals surface area contributed by atoms with Gasteiger partial charge in [-0.1, -0.05) is 32.9 Å². The number of quaternary nitrogens is 1. The highest BCUT2D eigenvalue weighted by atomic mass is 16.5. The maximum atomic E-state index is 5.95. The Morgan fingerprint density at radius 2 is 1.90 bits per heavy atom. The molecule has 0 radical (unpaired) electrons. The summed E-state index contributed by atoms with van der Waals surface area (Å²) in [7, 11) is 0. The zero-order valence-corrected chi connectivity index (χ0v) is 14.0. The number of benzene rings is 1. The fraction of sp³-hybridized carbons (Fsp3) is 0.667. The van der Waals surface area contributed by atoms with Crippen LogP contribution >= 0.6 is 0 Å². The third-order valence-corrected chi connectivity index (χ3v) is 4.17. The second-order valence-corrected chi connectivity index (χ2v) is 7.04. The number of aryl methyl sites for hydroxylation is 1. The smallest absolute Gasteiger partial charge is 0.122 e. The summed E-state index contributed by atoms with van der Waals surface area (Å²) in [5.74, 6) is 1.03. The maximum Gasteiger partial charge on any atom is 0.122 e. The molecule has 1 aromatic carbocycles. The van der Waals surface area contributed by atoms with Gasteiger partial charge in [-0.2, -0.15) is 0 Å². The number of ether oxygens (including phenoxy) is 2. The Morgan fingerprint density at radius 3 is 2.52 bits per heavy atom. The SMILES string of the molecule is Cc1cc(C(C)(C)C)ccc1OCCC[NH+]1CCOCC1. The summed E-state index contributed by atoms with van der Waals surface area (Å²) in [6, 6.07) is 6.57. The predicted octanol–water partition coefficient (Wildman–Crippen LogP) is 1.98. The monoisotopic (exact) mass is 292 g/mol. The largest absolute Gasteiger partial charge is 0.493 e. The molecule has 1 fully saturated rings. The Bertz CT molecular complexity index is 445.